The van der Waals surface area contributed by atoms with Crippen LogP contribution in [-0.2, 0) is 26.7 Å². The fraction of sp³-hybridized carbons (Fsp3) is 0.429. The lowest BCUT2D eigenvalue weighted by molar-refractivity contribution is -0.128. The van der Waals surface area contributed by atoms with Gasteiger partial charge in [0, 0.05) is 26.6 Å². The topological polar surface area (TPSA) is 114 Å². The molecule has 1 atom stereocenters. The molecule has 24 heavy (non-hydrogen) atoms. The van der Waals surface area contributed by atoms with Crippen LogP contribution >= 0.6 is 0 Å². The van der Waals surface area contributed by atoms with Crippen LogP contribution in [0, 0.1) is 5.41 Å². The van der Waals surface area contributed by atoms with E-state index >= 15 is 0 Å². The van der Waals surface area contributed by atoms with Crippen molar-refractivity contribution in [3.05, 3.63) is 18.2 Å². The zero-order valence-corrected chi connectivity index (χ0v) is 13.7. The number of benzene rings is 1. The van der Waals surface area contributed by atoms with Crippen molar-refractivity contribution in [3.8, 4) is 0 Å². The number of aromatic nitrogens is 3. The number of imide groups is 1. The lowest BCUT2D eigenvalue weighted by Crippen LogP contribution is -2.36. The van der Waals surface area contributed by atoms with E-state index < -0.39 is 15.4 Å². The van der Waals surface area contributed by atoms with Crippen molar-refractivity contribution in [2.24, 2.45) is 12.5 Å². The first-order valence-corrected chi connectivity index (χ1v) is 8.90. The number of nitrogens with zero attached hydrogens (tertiary/aromatic N) is 4. The predicted molar refractivity (Wildman–Crippen MR) is 82.1 cm³/mol. The minimum atomic E-state index is -3.83. The third kappa shape index (κ3) is 1.99. The SMILES string of the molecule is Cn1nnc2c(S(=O)(=O)N3CC[C@@]4(CC(=O)NC4=O)C3)cccc21. The Hall–Kier alpha value is -2.33. The second-order valence-corrected chi connectivity index (χ2v) is 8.17. The van der Waals surface area contributed by atoms with Crippen molar-refractivity contribution in [1.29, 1.82) is 0 Å². The molecule has 0 saturated carbocycles. The van der Waals surface area contributed by atoms with Gasteiger partial charge < -0.3 is 0 Å². The summed E-state index contributed by atoms with van der Waals surface area (Å²) in [4.78, 5) is 23.6. The summed E-state index contributed by atoms with van der Waals surface area (Å²) in [6.45, 7) is 0.198. The fourth-order valence-electron chi connectivity index (χ4n) is 3.44. The zero-order valence-electron chi connectivity index (χ0n) is 12.9. The number of aryl methyl sites for hydroxylation is 1. The minimum absolute atomic E-state index is 0.00353. The molecule has 0 aliphatic carbocycles. The molecular formula is C14H15N5O4S. The van der Waals surface area contributed by atoms with Crippen molar-refractivity contribution in [2.75, 3.05) is 13.1 Å². The number of amides is 2. The van der Waals surface area contributed by atoms with Crippen LogP contribution in [0.1, 0.15) is 12.8 Å². The van der Waals surface area contributed by atoms with Crippen LogP contribution in [0.15, 0.2) is 23.1 Å². The van der Waals surface area contributed by atoms with E-state index in [4.69, 9.17) is 0 Å². The molecule has 2 fully saturated rings. The maximum absolute atomic E-state index is 13.0. The predicted octanol–water partition coefficient (Wildman–Crippen LogP) is -0.604. The molecule has 0 radical (unpaired) electrons. The number of sulfonamides is 1. The van der Waals surface area contributed by atoms with E-state index in [0.717, 1.165) is 0 Å². The summed E-state index contributed by atoms with van der Waals surface area (Å²) in [5.74, 6) is -0.738. The van der Waals surface area contributed by atoms with Gasteiger partial charge in [0.1, 0.15) is 10.4 Å². The summed E-state index contributed by atoms with van der Waals surface area (Å²) < 4.78 is 28.8. The number of hydrogen-bond acceptors (Lipinski definition) is 6. The maximum Gasteiger partial charge on any atom is 0.245 e. The fourth-order valence-corrected chi connectivity index (χ4v) is 5.11. The van der Waals surface area contributed by atoms with Gasteiger partial charge in [-0.25, -0.2) is 13.1 Å². The van der Waals surface area contributed by atoms with E-state index in [1.807, 2.05) is 0 Å². The molecular weight excluding hydrogens is 334 g/mol. The van der Waals surface area contributed by atoms with E-state index in [9.17, 15) is 18.0 Å². The average molecular weight is 349 g/mol. The molecule has 9 nitrogen and oxygen atoms in total. The molecule has 1 N–H and O–H groups in total. The summed E-state index contributed by atoms with van der Waals surface area (Å²) in [6, 6.07) is 4.86. The van der Waals surface area contributed by atoms with Gasteiger partial charge in [0.25, 0.3) is 0 Å². The summed E-state index contributed by atoms with van der Waals surface area (Å²) in [7, 11) is -2.14. The van der Waals surface area contributed by atoms with Gasteiger partial charge >= 0.3 is 0 Å². The highest BCUT2D eigenvalue weighted by Crippen LogP contribution is 2.40. The molecule has 2 amide bonds. The first-order chi connectivity index (χ1) is 11.3. The molecule has 126 valence electrons. The number of carbonyl (C=O) groups excluding carboxylic acids is 2. The van der Waals surface area contributed by atoms with Crippen molar-refractivity contribution < 1.29 is 18.0 Å². The number of fused-ring (bicyclic) bond motifs is 1. The van der Waals surface area contributed by atoms with E-state index in [1.165, 1.54) is 15.1 Å². The Kier molecular flexibility index (Phi) is 3.06. The summed E-state index contributed by atoms with van der Waals surface area (Å²) in [5, 5.41) is 10.1. The van der Waals surface area contributed by atoms with E-state index in [2.05, 4.69) is 15.6 Å². The number of rotatable bonds is 2. The first kappa shape index (κ1) is 15.2. The number of nitrogens with one attached hydrogen (secondary N) is 1. The summed E-state index contributed by atoms with van der Waals surface area (Å²) in [5.41, 5.74) is -0.0351. The smallest absolute Gasteiger partial charge is 0.245 e. The molecule has 0 unspecified atom stereocenters. The van der Waals surface area contributed by atoms with Crippen molar-refractivity contribution in [1.82, 2.24) is 24.6 Å². The molecule has 1 aromatic heterocycles. The number of carbonyl (C=O) groups is 2. The molecule has 2 aliphatic heterocycles. The van der Waals surface area contributed by atoms with Crippen LogP contribution < -0.4 is 5.32 Å². The molecule has 4 rings (SSSR count). The quantitative estimate of drug-likeness (QED) is 0.724. The lowest BCUT2D eigenvalue weighted by atomic mass is 9.86. The average Bonchev–Trinajstić information content (AvgIpc) is 3.20. The highest BCUT2D eigenvalue weighted by molar-refractivity contribution is 7.89. The molecule has 2 aliphatic rings. The molecule has 0 bridgehead atoms. The standard InChI is InChI=1S/C14H15N5O4S/c1-18-9-3-2-4-10(12(9)16-17-18)24(22,23)19-6-5-14(8-19)7-11(20)15-13(14)21/h2-4H,5-8H2,1H3,(H,15,20,21)/t14-/m1/s1. The monoisotopic (exact) mass is 349 g/mol. The normalized spacial score (nSPS) is 25.0. The van der Waals surface area contributed by atoms with Crippen LogP contribution in [0.4, 0.5) is 0 Å². The van der Waals surface area contributed by atoms with Crippen molar-refractivity contribution >= 4 is 32.9 Å². The van der Waals surface area contributed by atoms with Crippen LogP contribution in [-0.4, -0.2) is 52.6 Å². The Bertz CT molecular complexity index is 982. The third-order valence-electron chi connectivity index (χ3n) is 4.78. The largest absolute Gasteiger partial charge is 0.296 e. The van der Waals surface area contributed by atoms with Gasteiger partial charge in [-0.1, -0.05) is 11.3 Å². The van der Waals surface area contributed by atoms with Crippen LogP contribution in [0.25, 0.3) is 11.0 Å². The minimum Gasteiger partial charge on any atom is -0.296 e. The van der Waals surface area contributed by atoms with Gasteiger partial charge in [-0.15, -0.1) is 5.10 Å². The Morgan fingerprint density at radius 2 is 2.08 bits per heavy atom. The van der Waals surface area contributed by atoms with Gasteiger partial charge in [-0.3, -0.25) is 14.9 Å². The maximum atomic E-state index is 13.0. The highest BCUT2D eigenvalue weighted by Gasteiger charge is 2.53. The molecule has 10 heteroatoms. The highest BCUT2D eigenvalue weighted by atomic mass is 32.2. The summed E-state index contributed by atoms with van der Waals surface area (Å²) >= 11 is 0. The van der Waals surface area contributed by atoms with E-state index in [-0.39, 0.29) is 36.2 Å². The van der Waals surface area contributed by atoms with Gasteiger partial charge in [-0.2, -0.15) is 4.31 Å². The Balaban J connectivity index is 1.74. The van der Waals surface area contributed by atoms with E-state index in [0.29, 0.717) is 17.5 Å². The Labute approximate surface area is 137 Å². The zero-order chi connectivity index (χ0) is 17.1. The van der Waals surface area contributed by atoms with Crippen LogP contribution in [0.2, 0.25) is 0 Å². The second-order valence-electron chi connectivity index (χ2n) is 6.26. The van der Waals surface area contributed by atoms with Gasteiger partial charge in [0.2, 0.25) is 21.8 Å². The molecule has 3 heterocycles. The summed E-state index contributed by atoms with van der Waals surface area (Å²) in [6.07, 6.45) is 0.368. The van der Waals surface area contributed by atoms with Crippen molar-refractivity contribution in [3.63, 3.8) is 0 Å². The first-order valence-electron chi connectivity index (χ1n) is 7.46. The van der Waals surface area contributed by atoms with E-state index in [1.54, 1.807) is 19.2 Å². The van der Waals surface area contributed by atoms with Crippen LogP contribution in [0.5, 0.6) is 0 Å². The number of hydrogen-bond donors (Lipinski definition) is 1. The van der Waals surface area contributed by atoms with Gasteiger partial charge in [-0.05, 0) is 18.6 Å². The molecule has 2 aromatic rings. The van der Waals surface area contributed by atoms with Crippen LogP contribution in [0.3, 0.4) is 0 Å². The molecule has 2 saturated heterocycles. The molecule has 1 aromatic carbocycles. The lowest BCUT2D eigenvalue weighted by Gasteiger charge is -2.20. The Morgan fingerprint density at radius 3 is 2.79 bits per heavy atom. The second kappa shape index (κ2) is 4.84. The third-order valence-corrected chi connectivity index (χ3v) is 6.65. The van der Waals surface area contributed by atoms with Gasteiger partial charge in [0.05, 0.1) is 10.9 Å². The van der Waals surface area contributed by atoms with Crippen molar-refractivity contribution in [2.45, 2.75) is 17.7 Å². The van der Waals surface area contributed by atoms with Gasteiger partial charge in [0.15, 0.2) is 0 Å². The molecule has 1 spiro atoms. The Morgan fingerprint density at radius 1 is 1.29 bits per heavy atom.